The lowest BCUT2D eigenvalue weighted by Crippen LogP contribution is -2.40. The van der Waals surface area contributed by atoms with Crippen molar-refractivity contribution in [3.63, 3.8) is 0 Å². The number of nitrogens with zero attached hydrogens (tertiary/aromatic N) is 3. The first-order valence-corrected chi connectivity index (χ1v) is 9.25. The summed E-state index contributed by atoms with van der Waals surface area (Å²) in [6.45, 7) is 0.943. The average molecular weight is 356 g/mol. The fraction of sp³-hybridized carbons (Fsp3) is 0.526. The van der Waals surface area contributed by atoms with Crippen LogP contribution in [0.3, 0.4) is 0 Å². The van der Waals surface area contributed by atoms with Gasteiger partial charge in [-0.25, -0.2) is 4.99 Å². The van der Waals surface area contributed by atoms with Crippen LogP contribution in [-0.4, -0.2) is 53.8 Å². The summed E-state index contributed by atoms with van der Waals surface area (Å²) in [6, 6.07) is 6.02. The molecule has 2 amide bonds. The van der Waals surface area contributed by atoms with E-state index in [9.17, 15) is 9.59 Å². The third kappa shape index (κ3) is 3.25. The van der Waals surface area contributed by atoms with Crippen LogP contribution in [0.4, 0.5) is 5.69 Å². The molecule has 7 nitrogen and oxygen atoms in total. The second kappa shape index (κ2) is 6.97. The maximum atomic E-state index is 12.5. The number of rotatable bonds is 4. The van der Waals surface area contributed by atoms with Crippen molar-refractivity contribution < 1.29 is 14.3 Å². The Kier molecular flexibility index (Phi) is 4.53. The summed E-state index contributed by atoms with van der Waals surface area (Å²) in [5.74, 6) is 1.09. The average Bonchev–Trinajstić information content (AvgIpc) is 3.03. The minimum atomic E-state index is -0.0525. The highest BCUT2D eigenvalue weighted by molar-refractivity contribution is 6.06. The van der Waals surface area contributed by atoms with Gasteiger partial charge in [-0.05, 0) is 18.9 Å². The highest BCUT2D eigenvalue weighted by Crippen LogP contribution is 2.36. The number of hydrogen-bond acceptors (Lipinski definition) is 5. The van der Waals surface area contributed by atoms with Gasteiger partial charge >= 0.3 is 0 Å². The summed E-state index contributed by atoms with van der Waals surface area (Å²) in [4.78, 5) is 32.3. The maximum absolute atomic E-state index is 12.5. The molecule has 138 valence electrons. The Morgan fingerprint density at radius 3 is 2.92 bits per heavy atom. The molecule has 3 aliphatic rings. The Morgan fingerprint density at radius 1 is 1.31 bits per heavy atom. The molecule has 1 aromatic carbocycles. The van der Waals surface area contributed by atoms with Crippen molar-refractivity contribution in [2.75, 3.05) is 20.2 Å². The Hall–Kier alpha value is -2.57. The zero-order valence-corrected chi connectivity index (χ0v) is 15.0. The highest BCUT2D eigenvalue weighted by atomic mass is 16.5. The van der Waals surface area contributed by atoms with Crippen molar-refractivity contribution in [3.8, 4) is 5.75 Å². The van der Waals surface area contributed by atoms with Crippen molar-refractivity contribution in [2.24, 2.45) is 4.99 Å². The molecule has 26 heavy (non-hydrogen) atoms. The first-order chi connectivity index (χ1) is 12.6. The predicted octanol–water partition coefficient (Wildman–Crippen LogP) is 1.79. The summed E-state index contributed by atoms with van der Waals surface area (Å²) < 4.78 is 5.82. The van der Waals surface area contributed by atoms with E-state index in [2.05, 4.69) is 10.3 Å². The highest BCUT2D eigenvalue weighted by Gasteiger charge is 2.30. The smallest absolute Gasteiger partial charge is 0.260 e. The van der Waals surface area contributed by atoms with Crippen LogP contribution in [0.5, 0.6) is 5.75 Å². The first-order valence-electron chi connectivity index (χ1n) is 9.25. The molecule has 1 saturated heterocycles. The largest absolute Gasteiger partial charge is 0.481 e. The number of amides is 2. The van der Waals surface area contributed by atoms with Gasteiger partial charge in [0, 0.05) is 25.2 Å². The monoisotopic (exact) mass is 356 g/mol. The Bertz CT molecular complexity index is 755. The van der Waals surface area contributed by atoms with E-state index in [4.69, 9.17) is 4.74 Å². The van der Waals surface area contributed by atoms with E-state index in [1.54, 1.807) is 0 Å². The number of aliphatic imine (C=N–C) groups is 1. The van der Waals surface area contributed by atoms with E-state index in [1.807, 2.05) is 35.0 Å². The molecule has 1 aliphatic carbocycles. The van der Waals surface area contributed by atoms with Gasteiger partial charge in [0.25, 0.3) is 5.91 Å². The molecule has 0 bridgehead atoms. The summed E-state index contributed by atoms with van der Waals surface area (Å²) in [5.41, 5.74) is 1.70. The lowest BCUT2D eigenvalue weighted by Gasteiger charge is -2.31. The molecule has 4 rings (SSSR count). The summed E-state index contributed by atoms with van der Waals surface area (Å²) >= 11 is 0. The van der Waals surface area contributed by atoms with E-state index < -0.39 is 0 Å². The van der Waals surface area contributed by atoms with E-state index >= 15 is 0 Å². The van der Waals surface area contributed by atoms with Crippen LogP contribution in [0.25, 0.3) is 0 Å². The zero-order valence-electron chi connectivity index (χ0n) is 15.0. The van der Waals surface area contributed by atoms with Crippen LogP contribution < -0.4 is 10.1 Å². The number of guanidine groups is 1. The van der Waals surface area contributed by atoms with Crippen molar-refractivity contribution in [2.45, 2.75) is 44.7 Å². The van der Waals surface area contributed by atoms with Crippen LogP contribution in [0.15, 0.2) is 23.2 Å². The molecule has 1 aromatic rings. The molecule has 1 saturated carbocycles. The van der Waals surface area contributed by atoms with E-state index in [0.29, 0.717) is 36.5 Å². The summed E-state index contributed by atoms with van der Waals surface area (Å²) in [6.07, 6.45) is 5.79. The molecule has 2 fully saturated rings. The lowest BCUT2D eigenvalue weighted by molar-refractivity contribution is -0.134. The molecule has 1 N–H and O–H groups in total. The van der Waals surface area contributed by atoms with Gasteiger partial charge < -0.3 is 14.5 Å². The minimum absolute atomic E-state index is 0.00435. The van der Waals surface area contributed by atoms with E-state index in [1.165, 1.54) is 19.3 Å². The third-order valence-electron chi connectivity index (χ3n) is 5.41. The topological polar surface area (TPSA) is 74.2 Å². The van der Waals surface area contributed by atoms with Gasteiger partial charge in [0.15, 0.2) is 6.61 Å². The van der Waals surface area contributed by atoms with Crippen LogP contribution >= 0.6 is 0 Å². The number of ether oxygens (including phenoxy) is 1. The van der Waals surface area contributed by atoms with E-state index in [0.717, 1.165) is 18.4 Å². The van der Waals surface area contributed by atoms with Gasteiger partial charge in [-0.1, -0.05) is 31.4 Å². The first kappa shape index (κ1) is 16.9. The fourth-order valence-corrected chi connectivity index (χ4v) is 3.88. The molecule has 0 atom stereocenters. The number of benzene rings is 1. The van der Waals surface area contributed by atoms with Gasteiger partial charge in [0.2, 0.25) is 11.9 Å². The van der Waals surface area contributed by atoms with Crippen molar-refractivity contribution in [1.82, 2.24) is 15.1 Å². The van der Waals surface area contributed by atoms with Crippen LogP contribution in [0.2, 0.25) is 0 Å². The normalized spacial score (nSPS) is 19.3. The van der Waals surface area contributed by atoms with Gasteiger partial charge in [0.1, 0.15) is 18.0 Å². The van der Waals surface area contributed by atoms with Crippen LogP contribution in [0.1, 0.15) is 37.7 Å². The number of carbonyl (C=O) groups excluding carboxylic acids is 2. The summed E-state index contributed by atoms with van der Waals surface area (Å²) in [7, 11) is 1.87. The van der Waals surface area contributed by atoms with Crippen molar-refractivity contribution >= 4 is 23.5 Å². The third-order valence-corrected chi connectivity index (χ3v) is 5.41. The molecule has 2 heterocycles. The fourth-order valence-electron chi connectivity index (χ4n) is 3.88. The number of nitrogens with one attached hydrogen (secondary N) is 1. The molecule has 0 spiro atoms. The second-order valence-corrected chi connectivity index (χ2v) is 7.19. The Balaban J connectivity index is 1.44. The van der Waals surface area contributed by atoms with Gasteiger partial charge in [-0.2, -0.15) is 0 Å². The maximum Gasteiger partial charge on any atom is 0.260 e. The van der Waals surface area contributed by atoms with Crippen LogP contribution in [-0.2, 0) is 16.1 Å². The number of para-hydroxylation sites is 1. The standard InChI is InChI=1S/C19H24N4O3/c1-22(14-7-3-2-4-8-14)17(25)12-26-15-9-5-6-13-10-23-11-16(24)20-19(23)21-18(13)15/h5-6,9,14H,2-4,7-8,10-12H2,1H3,(H,20,21,24). The molecule has 0 aromatic heterocycles. The Morgan fingerprint density at radius 2 is 2.12 bits per heavy atom. The second-order valence-electron chi connectivity index (χ2n) is 7.19. The number of fused-ring (bicyclic) bond motifs is 2. The van der Waals surface area contributed by atoms with Gasteiger partial charge in [-0.15, -0.1) is 0 Å². The molecule has 0 radical (unpaired) electrons. The molecular weight excluding hydrogens is 332 g/mol. The SMILES string of the molecule is CN(C(=O)COc1cccc2c1N=C1NC(=O)CN1C2)C1CCCCC1. The molecule has 7 heteroatoms. The van der Waals surface area contributed by atoms with Gasteiger partial charge in [-0.3, -0.25) is 14.9 Å². The molecule has 0 unspecified atom stereocenters. The number of likely N-dealkylation sites (N-methyl/N-ethyl adjacent to an activating group) is 1. The Labute approximate surface area is 153 Å². The number of hydrogen-bond donors (Lipinski definition) is 1. The van der Waals surface area contributed by atoms with Crippen LogP contribution in [0, 0.1) is 0 Å². The van der Waals surface area contributed by atoms with Crippen molar-refractivity contribution in [1.29, 1.82) is 0 Å². The minimum Gasteiger partial charge on any atom is -0.481 e. The van der Waals surface area contributed by atoms with Gasteiger partial charge in [0.05, 0.1) is 0 Å². The quantitative estimate of drug-likeness (QED) is 0.893. The zero-order chi connectivity index (χ0) is 18.1. The molecule has 2 aliphatic heterocycles. The predicted molar refractivity (Wildman–Crippen MR) is 97.2 cm³/mol. The lowest BCUT2D eigenvalue weighted by atomic mass is 9.94. The van der Waals surface area contributed by atoms with Crippen molar-refractivity contribution in [3.05, 3.63) is 23.8 Å². The van der Waals surface area contributed by atoms with E-state index in [-0.39, 0.29) is 18.4 Å². The number of carbonyl (C=O) groups is 2. The molecular formula is C19H24N4O3. The summed E-state index contributed by atoms with van der Waals surface area (Å²) in [5, 5.41) is 2.76.